The predicted octanol–water partition coefficient (Wildman–Crippen LogP) is 2.89. The Morgan fingerprint density at radius 2 is 1.80 bits per heavy atom. The quantitative estimate of drug-likeness (QED) is 0.791. The number of fused-ring (bicyclic) bond motifs is 3. The van der Waals surface area contributed by atoms with E-state index in [4.69, 9.17) is 9.47 Å². The average Bonchev–Trinajstić information content (AvgIpc) is 3.24. The summed E-state index contributed by atoms with van der Waals surface area (Å²) < 4.78 is 11.8. The van der Waals surface area contributed by atoms with Gasteiger partial charge in [0.2, 0.25) is 5.91 Å². The molecule has 1 spiro atoms. The maximum Gasteiger partial charge on any atom is 0.223 e. The van der Waals surface area contributed by atoms with Crippen molar-refractivity contribution in [3.05, 3.63) is 23.3 Å². The lowest BCUT2D eigenvalue weighted by molar-refractivity contribution is -0.132. The minimum atomic E-state index is 0. The molecule has 3 aliphatic heterocycles. The number of hydrogen-bond donors (Lipinski definition) is 1. The number of nitrogens with one attached hydrogen (secondary N) is 1. The van der Waals surface area contributed by atoms with Crippen LogP contribution in [-0.2, 0) is 10.2 Å². The number of amides is 1. The van der Waals surface area contributed by atoms with Gasteiger partial charge in [-0.05, 0) is 43.0 Å². The number of benzene rings is 1. The van der Waals surface area contributed by atoms with Crippen molar-refractivity contribution in [3.8, 4) is 11.5 Å². The van der Waals surface area contributed by atoms with E-state index in [0.29, 0.717) is 31.6 Å². The number of hydrogen-bond acceptors (Lipinski definition) is 5. The van der Waals surface area contributed by atoms with Crippen LogP contribution in [0.15, 0.2) is 12.1 Å². The molecular weight excluding hydrogens is 402 g/mol. The van der Waals surface area contributed by atoms with Crippen molar-refractivity contribution in [2.75, 3.05) is 52.5 Å². The molecule has 1 saturated heterocycles. The molecule has 1 atom stereocenters. The van der Waals surface area contributed by atoms with Crippen molar-refractivity contribution < 1.29 is 14.3 Å². The Morgan fingerprint density at radius 3 is 2.50 bits per heavy atom. The Hall–Kier alpha value is -1.50. The van der Waals surface area contributed by atoms with Gasteiger partial charge in [-0.25, -0.2) is 0 Å². The highest BCUT2D eigenvalue weighted by atomic mass is 35.5. The number of ether oxygens (including phenoxy) is 2. The molecule has 5 rings (SSSR count). The number of nitrogens with zero attached hydrogens (tertiary/aromatic N) is 2. The van der Waals surface area contributed by atoms with Crippen molar-refractivity contribution in [1.82, 2.24) is 15.1 Å². The number of rotatable bonds is 3. The number of carbonyl (C=O) groups excluding carboxylic acids is 1. The van der Waals surface area contributed by atoms with Crippen molar-refractivity contribution in [1.29, 1.82) is 0 Å². The van der Waals surface area contributed by atoms with Crippen LogP contribution < -0.4 is 14.8 Å². The number of piperazine rings is 1. The summed E-state index contributed by atoms with van der Waals surface area (Å²) in [6, 6.07) is 4.79. The summed E-state index contributed by atoms with van der Waals surface area (Å²) in [6.45, 7) is 8.92. The third-order valence-corrected chi connectivity index (χ3v) is 7.43. The second-order valence-corrected chi connectivity index (χ2v) is 9.10. The van der Waals surface area contributed by atoms with Crippen LogP contribution in [0.5, 0.6) is 11.5 Å². The second kappa shape index (κ2) is 8.93. The molecule has 0 aromatic heterocycles. The number of halogens is 1. The molecule has 1 amide bonds. The molecule has 0 bridgehead atoms. The molecule has 1 aliphatic carbocycles. The zero-order valence-corrected chi connectivity index (χ0v) is 18.8. The summed E-state index contributed by atoms with van der Waals surface area (Å²) in [6.07, 6.45) is 5.65. The van der Waals surface area contributed by atoms with Crippen LogP contribution in [-0.4, -0.2) is 68.2 Å². The Morgan fingerprint density at radius 1 is 1.13 bits per heavy atom. The lowest BCUT2D eigenvalue weighted by Crippen LogP contribution is -2.49. The molecule has 7 heteroatoms. The van der Waals surface area contributed by atoms with Crippen LogP contribution in [0.1, 0.15) is 56.2 Å². The maximum absolute atomic E-state index is 12.7. The first-order chi connectivity index (χ1) is 14.2. The summed E-state index contributed by atoms with van der Waals surface area (Å²) in [5.74, 6) is 2.09. The van der Waals surface area contributed by atoms with Crippen LogP contribution in [0.25, 0.3) is 0 Å². The van der Waals surface area contributed by atoms with Gasteiger partial charge in [0.1, 0.15) is 13.2 Å². The average molecular weight is 436 g/mol. The van der Waals surface area contributed by atoms with Crippen molar-refractivity contribution in [3.63, 3.8) is 0 Å². The molecular formula is C23H34ClN3O3. The van der Waals surface area contributed by atoms with Crippen LogP contribution >= 0.6 is 12.4 Å². The van der Waals surface area contributed by atoms with Crippen molar-refractivity contribution in [2.24, 2.45) is 0 Å². The van der Waals surface area contributed by atoms with Crippen LogP contribution in [0.4, 0.5) is 0 Å². The van der Waals surface area contributed by atoms with E-state index in [1.54, 1.807) is 0 Å². The topological polar surface area (TPSA) is 54.0 Å². The Bertz CT molecular complexity index is 775. The fourth-order valence-electron chi connectivity index (χ4n) is 5.78. The van der Waals surface area contributed by atoms with Gasteiger partial charge in [-0.1, -0.05) is 12.8 Å². The molecule has 1 saturated carbocycles. The highest BCUT2D eigenvalue weighted by Gasteiger charge is 2.45. The SMILES string of the molecule is CC1c2cc3c(cc2C2(CCCC2)CN1CCC(=O)N1CCNCC1)OCCO3.Cl. The molecule has 6 nitrogen and oxygen atoms in total. The zero-order chi connectivity index (χ0) is 19.8. The van der Waals surface area contributed by atoms with Gasteiger partial charge < -0.3 is 19.7 Å². The minimum Gasteiger partial charge on any atom is -0.486 e. The van der Waals surface area contributed by atoms with Gasteiger partial charge in [0.05, 0.1) is 0 Å². The molecule has 1 N–H and O–H groups in total. The van der Waals surface area contributed by atoms with E-state index in [1.807, 2.05) is 4.90 Å². The van der Waals surface area contributed by atoms with Gasteiger partial charge in [-0.15, -0.1) is 12.4 Å². The van der Waals surface area contributed by atoms with Crippen molar-refractivity contribution >= 4 is 18.3 Å². The summed E-state index contributed by atoms with van der Waals surface area (Å²) in [5.41, 5.74) is 3.05. The molecule has 0 radical (unpaired) electrons. The predicted molar refractivity (Wildman–Crippen MR) is 119 cm³/mol. The summed E-state index contributed by atoms with van der Waals surface area (Å²) in [5, 5.41) is 3.32. The van der Waals surface area contributed by atoms with E-state index >= 15 is 0 Å². The van der Waals surface area contributed by atoms with Gasteiger partial charge in [-0.3, -0.25) is 9.69 Å². The van der Waals surface area contributed by atoms with Gasteiger partial charge in [0.15, 0.2) is 11.5 Å². The van der Waals surface area contributed by atoms with Crippen molar-refractivity contribution in [2.45, 2.75) is 50.5 Å². The van der Waals surface area contributed by atoms with E-state index in [-0.39, 0.29) is 17.8 Å². The van der Waals surface area contributed by atoms with Crippen LogP contribution in [0, 0.1) is 0 Å². The molecule has 4 aliphatic rings. The van der Waals surface area contributed by atoms with E-state index in [0.717, 1.165) is 50.8 Å². The third-order valence-electron chi connectivity index (χ3n) is 7.43. The van der Waals surface area contributed by atoms with Crippen LogP contribution in [0.2, 0.25) is 0 Å². The van der Waals surface area contributed by atoms with E-state index in [1.165, 1.54) is 36.8 Å². The molecule has 1 unspecified atom stereocenters. The van der Waals surface area contributed by atoms with Gasteiger partial charge in [0, 0.05) is 57.1 Å². The first kappa shape index (κ1) is 21.7. The first-order valence-corrected chi connectivity index (χ1v) is 11.3. The molecule has 30 heavy (non-hydrogen) atoms. The lowest BCUT2D eigenvalue weighted by atomic mass is 9.71. The smallest absolute Gasteiger partial charge is 0.223 e. The van der Waals surface area contributed by atoms with E-state index < -0.39 is 0 Å². The fourth-order valence-corrected chi connectivity index (χ4v) is 5.78. The molecule has 1 aromatic carbocycles. The molecule has 3 heterocycles. The Labute approximate surface area is 185 Å². The van der Waals surface area contributed by atoms with Gasteiger partial charge in [0.25, 0.3) is 0 Å². The van der Waals surface area contributed by atoms with Gasteiger partial charge >= 0.3 is 0 Å². The summed E-state index contributed by atoms with van der Waals surface area (Å²) in [7, 11) is 0. The first-order valence-electron chi connectivity index (χ1n) is 11.3. The largest absolute Gasteiger partial charge is 0.486 e. The highest BCUT2D eigenvalue weighted by Crippen LogP contribution is 2.51. The summed E-state index contributed by atoms with van der Waals surface area (Å²) >= 11 is 0. The normalized spacial score (nSPS) is 25.0. The molecule has 166 valence electrons. The summed E-state index contributed by atoms with van der Waals surface area (Å²) in [4.78, 5) is 17.3. The number of carbonyl (C=O) groups is 1. The maximum atomic E-state index is 12.7. The van der Waals surface area contributed by atoms with E-state index in [9.17, 15) is 4.79 Å². The van der Waals surface area contributed by atoms with E-state index in [2.05, 4.69) is 29.3 Å². The zero-order valence-electron chi connectivity index (χ0n) is 18.0. The Balaban J connectivity index is 0.00000218. The van der Waals surface area contributed by atoms with Gasteiger partial charge in [-0.2, -0.15) is 0 Å². The lowest BCUT2D eigenvalue weighted by Gasteiger charge is -2.46. The molecule has 2 fully saturated rings. The monoisotopic (exact) mass is 435 g/mol. The fraction of sp³-hybridized carbons (Fsp3) is 0.696. The highest BCUT2D eigenvalue weighted by molar-refractivity contribution is 5.85. The third kappa shape index (κ3) is 3.90. The molecule has 1 aromatic rings. The van der Waals surface area contributed by atoms with Crippen LogP contribution in [0.3, 0.4) is 0 Å². The minimum absolute atomic E-state index is 0. The second-order valence-electron chi connectivity index (χ2n) is 9.10. The standard InChI is InChI=1S/C23H33N3O3.ClH/c1-17-18-14-20-21(29-13-12-28-20)15-19(18)23(5-2-3-6-23)16-26(17)9-4-22(27)25-10-7-24-8-11-25;/h14-15,17,24H,2-13,16H2,1H3;1H. The Kier molecular flexibility index (Phi) is 6.47.